The molecule has 114 valence electrons. The molecule has 1 N–H and O–H groups in total. The van der Waals surface area contributed by atoms with E-state index in [0.717, 1.165) is 4.31 Å². The molecule has 8 nitrogen and oxygen atoms in total. The van der Waals surface area contributed by atoms with Gasteiger partial charge in [-0.05, 0) is 29.5 Å². The Morgan fingerprint density at radius 2 is 2.14 bits per heavy atom. The van der Waals surface area contributed by atoms with Crippen molar-refractivity contribution in [2.75, 3.05) is 13.7 Å². The van der Waals surface area contributed by atoms with Gasteiger partial charge in [-0.1, -0.05) is 12.1 Å². The lowest BCUT2D eigenvalue weighted by molar-refractivity contribution is 0.214. The molecule has 0 unspecified atom stereocenters. The number of aliphatic hydroxyl groups is 1. The van der Waals surface area contributed by atoms with Crippen LogP contribution >= 0.6 is 0 Å². The summed E-state index contributed by atoms with van der Waals surface area (Å²) in [6.07, 6.45) is 0. The van der Waals surface area contributed by atoms with Crippen molar-refractivity contribution >= 4 is 10.0 Å². The summed E-state index contributed by atoms with van der Waals surface area (Å²) in [5.41, 5.74) is 0.605. The summed E-state index contributed by atoms with van der Waals surface area (Å²) in [6.45, 7) is 1.39. The SMILES string of the molecule is C[C@H](CO)N(C)S(=O)(=O)c1cccc(-c2nnnn2C)c1. The molecule has 9 heteroatoms. The van der Waals surface area contributed by atoms with Crippen molar-refractivity contribution in [3.8, 4) is 11.4 Å². The van der Waals surface area contributed by atoms with Gasteiger partial charge in [0.05, 0.1) is 11.5 Å². The first-order valence-corrected chi connectivity index (χ1v) is 7.73. The smallest absolute Gasteiger partial charge is 0.243 e. The molecule has 1 aromatic heterocycles. The molecule has 1 atom stereocenters. The topological polar surface area (TPSA) is 101 Å². The Balaban J connectivity index is 2.44. The van der Waals surface area contributed by atoms with E-state index in [1.54, 1.807) is 26.1 Å². The predicted octanol–water partition coefficient (Wildman–Crippen LogP) is -0.122. The maximum absolute atomic E-state index is 12.5. The molecular weight excluding hydrogens is 294 g/mol. The summed E-state index contributed by atoms with van der Waals surface area (Å²) in [7, 11) is -0.567. The highest BCUT2D eigenvalue weighted by molar-refractivity contribution is 7.89. The van der Waals surface area contributed by atoms with Crippen LogP contribution in [0.15, 0.2) is 29.2 Å². The van der Waals surface area contributed by atoms with Gasteiger partial charge < -0.3 is 5.11 Å². The molecule has 0 amide bonds. The molecule has 0 aliphatic carbocycles. The van der Waals surface area contributed by atoms with Crippen LogP contribution < -0.4 is 0 Å². The number of likely N-dealkylation sites (N-methyl/N-ethyl adjacent to an activating group) is 1. The van der Waals surface area contributed by atoms with Gasteiger partial charge in [-0.25, -0.2) is 13.1 Å². The Bertz CT molecular complexity index is 728. The number of hydrogen-bond acceptors (Lipinski definition) is 6. The first-order valence-electron chi connectivity index (χ1n) is 6.29. The number of benzene rings is 1. The molecule has 0 fully saturated rings. The van der Waals surface area contributed by atoms with Crippen LogP contribution in [-0.2, 0) is 17.1 Å². The Morgan fingerprint density at radius 3 is 2.71 bits per heavy atom. The van der Waals surface area contributed by atoms with Crippen LogP contribution in [0.3, 0.4) is 0 Å². The van der Waals surface area contributed by atoms with E-state index >= 15 is 0 Å². The van der Waals surface area contributed by atoms with E-state index in [1.807, 2.05) is 0 Å². The van der Waals surface area contributed by atoms with Crippen LogP contribution in [0.25, 0.3) is 11.4 Å². The van der Waals surface area contributed by atoms with Gasteiger partial charge in [0, 0.05) is 25.7 Å². The van der Waals surface area contributed by atoms with Gasteiger partial charge in [-0.2, -0.15) is 4.31 Å². The van der Waals surface area contributed by atoms with Crippen LogP contribution in [0.2, 0.25) is 0 Å². The van der Waals surface area contributed by atoms with Gasteiger partial charge >= 0.3 is 0 Å². The number of tetrazole rings is 1. The molecule has 0 aliphatic rings. The Labute approximate surface area is 123 Å². The standard InChI is InChI=1S/C12H17N5O3S/c1-9(8-18)17(3)21(19,20)11-6-4-5-10(7-11)12-13-14-15-16(12)2/h4-7,9,18H,8H2,1-3H3/t9-/m1/s1. The highest BCUT2D eigenvalue weighted by Gasteiger charge is 2.25. The largest absolute Gasteiger partial charge is 0.395 e. The van der Waals surface area contributed by atoms with Crippen molar-refractivity contribution in [3.05, 3.63) is 24.3 Å². The zero-order valence-corrected chi connectivity index (χ0v) is 12.8. The lowest BCUT2D eigenvalue weighted by Crippen LogP contribution is -2.37. The highest BCUT2D eigenvalue weighted by Crippen LogP contribution is 2.22. The van der Waals surface area contributed by atoms with E-state index in [1.165, 1.54) is 23.9 Å². The summed E-state index contributed by atoms with van der Waals surface area (Å²) in [4.78, 5) is 0.130. The third-order valence-corrected chi connectivity index (χ3v) is 5.24. The van der Waals surface area contributed by atoms with Gasteiger partial charge in [0.25, 0.3) is 0 Å². The van der Waals surface area contributed by atoms with Crippen LogP contribution in [0.5, 0.6) is 0 Å². The fourth-order valence-corrected chi connectivity index (χ4v) is 3.19. The minimum atomic E-state index is -3.68. The van der Waals surface area contributed by atoms with E-state index in [-0.39, 0.29) is 11.5 Å². The quantitative estimate of drug-likeness (QED) is 0.826. The average molecular weight is 311 g/mol. The minimum Gasteiger partial charge on any atom is -0.395 e. The van der Waals surface area contributed by atoms with Crippen molar-refractivity contribution in [2.45, 2.75) is 17.9 Å². The predicted molar refractivity (Wildman–Crippen MR) is 75.7 cm³/mol. The fourth-order valence-electron chi connectivity index (χ4n) is 1.79. The van der Waals surface area contributed by atoms with Gasteiger partial charge in [0.2, 0.25) is 10.0 Å². The maximum Gasteiger partial charge on any atom is 0.243 e. The first-order chi connectivity index (χ1) is 9.87. The normalized spacial score (nSPS) is 13.6. The molecule has 21 heavy (non-hydrogen) atoms. The molecule has 2 rings (SSSR count). The highest BCUT2D eigenvalue weighted by atomic mass is 32.2. The molecule has 0 saturated heterocycles. The first kappa shape index (κ1) is 15.5. The second kappa shape index (κ2) is 5.88. The molecule has 0 spiro atoms. The third kappa shape index (κ3) is 2.94. The molecule has 0 saturated carbocycles. The molecular formula is C12H17N5O3S. The van der Waals surface area contributed by atoms with Gasteiger partial charge in [0.15, 0.2) is 5.82 Å². The van der Waals surface area contributed by atoms with E-state index in [9.17, 15) is 8.42 Å². The van der Waals surface area contributed by atoms with Crippen molar-refractivity contribution < 1.29 is 13.5 Å². The van der Waals surface area contributed by atoms with E-state index < -0.39 is 16.1 Å². The second-order valence-corrected chi connectivity index (χ2v) is 6.70. The van der Waals surface area contributed by atoms with E-state index in [2.05, 4.69) is 15.5 Å². The second-order valence-electron chi connectivity index (χ2n) is 4.71. The van der Waals surface area contributed by atoms with E-state index in [0.29, 0.717) is 11.4 Å². The molecule has 1 heterocycles. The molecule has 1 aromatic carbocycles. The molecule has 2 aromatic rings. The summed E-state index contributed by atoms with van der Waals surface area (Å²) < 4.78 is 27.6. The number of aromatic nitrogens is 4. The Morgan fingerprint density at radius 1 is 1.43 bits per heavy atom. The molecule has 0 aliphatic heterocycles. The maximum atomic E-state index is 12.5. The summed E-state index contributed by atoms with van der Waals surface area (Å²) in [5.74, 6) is 0.477. The number of aryl methyl sites for hydroxylation is 1. The van der Waals surface area contributed by atoms with Crippen molar-refractivity contribution in [3.63, 3.8) is 0 Å². The van der Waals surface area contributed by atoms with Crippen LogP contribution in [-0.4, -0.2) is 57.7 Å². The van der Waals surface area contributed by atoms with Crippen LogP contribution in [0.4, 0.5) is 0 Å². The Hall–Kier alpha value is -1.84. The zero-order chi connectivity index (χ0) is 15.6. The summed E-state index contributed by atoms with van der Waals surface area (Å²) in [6, 6.07) is 5.88. The molecule has 0 bridgehead atoms. The minimum absolute atomic E-state index is 0.130. The third-order valence-electron chi connectivity index (χ3n) is 3.27. The average Bonchev–Trinajstić information content (AvgIpc) is 2.91. The van der Waals surface area contributed by atoms with E-state index in [4.69, 9.17) is 5.11 Å². The van der Waals surface area contributed by atoms with Crippen molar-refractivity contribution in [1.29, 1.82) is 0 Å². The number of rotatable bonds is 5. The fraction of sp³-hybridized carbons (Fsp3) is 0.417. The van der Waals surface area contributed by atoms with Crippen molar-refractivity contribution in [1.82, 2.24) is 24.5 Å². The van der Waals surface area contributed by atoms with Gasteiger partial charge in [0.1, 0.15) is 0 Å². The number of sulfonamides is 1. The number of aliphatic hydroxyl groups excluding tert-OH is 1. The lowest BCUT2D eigenvalue weighted by atomic mass is 10.2. The summed E-state index contributed by atoms with van der Waals surface area (Å²) in [5, 5.41) is 20.2. The summed E-state index contributed by atoms with van der Waals surface area (Å²) >= 11 is 0. The van der Waals surface area contributed by atoms with Gasteiger partial charge in [-0.3, -0.25) is 0 Å². The monoisotopic (exact) mass is 311 g/mol. The lowest BCUT2D eigenvalue weighted by Gasteiger charge is -2.22. The van der Waals surface area contributed by atoms with Crippen LogP contribution in [0.1, 0.15) is 6.92 Å². The number of hydrogen-bond donors (Lipinski definition) is 1. The zero-order valence-electron chi connectivity index (χ0n) is 12.0. The Kier molecular flexibility index (Phi) is 4.35. The van der Waals surface area contributed by atoms with Gasteiger partial charge in [-0.15, -0.1) is 5.10 Å². The number of nitrogens with zero attached hydrogens (tertiary/aromatic N) is 5. The molecule has 0 radical (unpaired) electrons. The van der Waals surface area contributed by atoms with Crippen molar-refractivity contribution in [2.24, 2.45) is 7.05 Å². The van der Waals surface area contributed by atoms with Crippen LogP contribution in [0, 0.1) is 0 Å².